The molecule has 1 aromatic heterocycles. The molecule has 1 N–H and O–H groups in total. The molecule has 1 amide bonds. The molecule has 2 rings (SSSR count). The molecule has 0 aliphatic heterocycles. The van der Waals surface area contributed by atoms with Gasteiger partial charge in [-0.3, -0.25) is 9.48 Å². The number of aromatic nitrogens is 2. The van der Waals surface area contributed by atoms with Gasteiger partial charge in [-0.1, -0.05) is 38.1 Å². The van der Waals surface area contributed by atoms with Gasteiger partial charge in [-0.15, -0.1) is 0 Å². The number of carbonyl (C=O) groups is 1. The highest BCUT2D eigenvalue weighted by Gasteiger charge is 2.15. The molecular weight excluding hydrogens is 302 g/mol. The number of aliphatic hydroxyl groups is 1. The second-order valence-electron chi connectivity index (χ2n) is 6.32. The Bertz CT molecular complexity index is 664. The number of aliphatic hydroxyl groups excluding tert-OH is 1. The molecule has 5 heteroatoms. The first-order valence-electron chi connectivity index (χ1n) is 8.52. The van der Waals surface area contributed by atoms with E-state index in [2.05, 4.69) is 31.1 Å². The molecule has 130 valence electrons. The van der Waals surface area contributed by atoms with Crippen LogP contribution >= 0.6 is 0 Å². The first-order chi connectivity index (χ1) is 11.5. The van der Waals surface area contributed by atoms with Crippen LogP contribution in [0.5, 0.6) is 0 Å². The Morgan fingerprint density at radius 1 is 1.33 bits per heavy atom. The van der Waals surface area contributed by atoms with E-state index in [4.69, 9.17) is 0 Å². The van der Waals surface area contributed by atoms with Gasteiger partial charge < -0.3 is 10.0 Å². The van der Waals surface area contributed by atoms with Crippen LogP contribution in [0.1, 0.15) is 43.4 Å². The molecule has 0 unspecified atom stereocenters. The summed E-state index contributed by atoms with van der Waals surface area (Å²) >= 11 is 0. The minimum Gasteiger partial charge on any atom is -0.395 e. The van der Waals surface area contributed by atoms with Gasteiger partial charge in [-0.05, 0) is 24.0 Å². The number of amides is 1. The van der Waals surface area contributed by atoms with E-state index in [0.717, 1.165) is 17.7 Å². The Balaban J connectivity index is 2.06. The lowest BCUT2D eigenvalue weighted by atomic mass is 9.99. The van der Waals surface area contributed by atoms with Crippen molar-refractivity contribution in [2.45, 2.75) is 46.2 Å². The first kappa shape index (κ1) is 18.2. The van der Waals surface area contributed by atoms with Crippen LogP contribution in [-0.2, 0) is 24.3 Å². The highest BCUT2D eigenvalue weighted by molar-refractivity contribution is 5.78. The van der Waals surface area contributed by atoms with Crippen molar-refractivity contribution in [3.63, 3.8) is 0 Å². The number of rotatable bonds is 8. The molecule has 5 nitrogen and oxygen atoms in total. The van der Waals surface area contributed by atoms with Crippen LogP contribution in [0.3, 0.4) is 0 Å². The second kappa shape index (κ2) is 8.64. The molecule has 0 aliphatic rings. The van der Waals surface area contributed by atoms with E-state index >= 15 is 0 Å². The van der Waals surface area contributed by atoms with Crippen LogP contribution in [-0.4, -0.2) is 38.8 Å². The van der Waals surface area contributed by atoms with E-state index in [0.29, 0.717) is 25.4 Å². The lowest BCUT2D eigenvalue weighted by Crippen LogP contribution is -2.34. The van der Waals surface area contributed by atoms with Crippen molar-refractivity contribution in [3.8, 4) is 0 Å². The fourth-order valence-electron chi connectivity index (χ4n) is 2.64. The molecule has 0 atom stereocenters. The van der Waals surface area contributed by atoms with Crippen LogP contribution in [0.4, 0.5) is 0 Å². The largest absolute Gasteiger partial charge is 0.395 e. The van der Waals surface area contributed by atoms with Crippen molar-refractivity contribution in [1.29, 1.82) is 0 Å². The first-order valence-corrected chi connectivity index (χ1v) is 8.52. The third-order valence-electron chi connectivity index (χ3n) is 4.08. The molecule has 24 heavy (non-hydrogen) atoms. The molecular formula is C19H27N3O2. The van der Waals surface area contributed by atoms with E-state index in [1.807, 2.05) is 29.9 Å². The molecule has 0 fully saturated rings. The van der Waals surface area contributed by atoms with Crippen molar-refractivity contribution in [3.05, 3.63) is 53.3 Å². The lowest BCUT2D eigenvalue weighted by molar-refractivity contribution is -0.131. The summed E-state index contributed by atoms with van der Waals surface area (Å²) in [4.78, 5) is 14.3. The van der Waals surface area contributed by atoms with E-state index in [1.165, 1.54) is 5.56 Å². The SMILES string of the molecule is CCn1cc(CN(CCO)C(=O)Cc2cccc(C(C)C)c2)cn1. The van der Waals surface area contributed by atoms with Gasteiger partial charge >= 0.3 is 0 Å². The maximum absolute atomic E-state index is 12.7. The molecule has 1 aromatic carbocycles. The summed E-state index contributed by atoms with van der Waals surface area (Å²) in [5.41, 5.74) is 3.23. The zero-order valence-electron chi connectivity index (χ0n) is 14.8. The molecule has 0 saturated carbocycles. The number of nitrogens with zero attached hydrogens (tertiary/aromatic N) is 3. The number of hydrogen-bond donors (Lipinski definition) is 1. The van der Waals surface area contributed by atoms with Crippen LogP contribution < -0.4 is 0 Å². The Kier molecular flexibility index (Phi) is 6.55. The van der Waals surface area contributed by atoms with Crippen molar-refractivity contribution in [2.75, 3.05) is 13.2 Å². The summed E-state index contributed by atoms with van der Waals surface area (Å²) in [5, 5.41) is 13.5. The van der Waals surface area contributed by atoms with Crippen LogP contribution in [0, 0.1) is 0 Å². The third-order valence-corrected chi connectivity index (χ3v) is 4.08. The minimum absolute atomic E-state index is 0.0224. The predicted molar refractivity (Wildman–Crippen MR) is 94.6 cm³/mol. The number of aryl methyl sites for hydroxylation is 1. The van der Waals surface area contributed by atoms with Gasteiger partial charge in [0, 0.05) is 31.4 Å². The smallest absolute Gasteiger partial charge is 0.227 e. The van der Waals surface area contributed by atoms with E-state index in [9.17, 15) is 9.90 Å². The Labute approximate surface area is 143 Å². The molecule has 0 saturated heterocycles. The van der Waals surface area contributed by atoms with Crippen molar-refractivity contribution in [2.24, 2.45) is 0 Å². The lowest BCUT2D eigenvalue weighted by Gasteiger charge is -2.21. The number of benzene rings is 1. The van der Waals surface area contributed by atoms with Crippen molar-refractivity contribution in [1.82, 2.24) is 14.7 Å². The Morgan fingerprint density at radius 3 is 2.75 bits per heavy atom. The maximum atomic E-state index is 12.7. The molecule has 0 radical (unpaired) electrons. The molecule has 0 spiro atoms. The topological polar surface area (TPSA) is 58.4 Å². The average Bonchev–Trinajstić information content (AvgIpc) is 3.02. The van der Waals surface area contributed by atoms with Crippen LogP contribution in [0.25, 0.3) is 0 Å². The average molecular weight is 329 g/mol. The molecule has 0 bridgehead atoms. The predicted octanol–water partition coefficient (Wildman–Crippen LogP) is 2.59. The van der Waals surface area contributed by atoms with Crippen LogP contribution in [0.15, 0.2) is 36.7 Å². The highest BCUT2D eigenvalue weighted by atomic mass is 16.3. The zero-order chi connectivity index (χ0) is 17.5. The number of carbonyl (C=O) groups excluding carboxylic acids is 1. The summed E-state index contributed by atoms with van der Waals surface area (Å²) in [6.07, 6.45) is 4.07. The highest BCUT2D eigenvalue weighted by Crippen LogP contribution is 2.16. The Hall–Kier alpha value is -2.14. The maximum Gasteiger partial charge on any atom is 0.227 e. The number of hydrogen-bond acceptors (Lipinski definition) is 3. The second-order valence-corrected chi connectivity index (χ2v) is 6.32. The fraction of sp³-hybridized carbons (Fsp3) is 0.474. The zero-order valence-corrected chi connectivity index (χ0v) is 14.8. The summed E-state index contributed by atoms with van der Waals surface area (Å²) in [7, 11) is 0. The monoisotopic (exact) mass is 329 g/mol. The van der Waals surface area contributed by atoms with E-state index in [-0.39, 0.29) is 12.5 Å². The van der Waals surface area contributed by atoms with Gasteiger partial charge in [0.25, 0.3) is 0 Å². The summed E-state index contributed by atoms with van der Waals surface area (Å²) in [6.45, 7) is 7.88. The van der Waals surface area contributed by atoms with Gasteiger partial charge in [0.05, 0.1) is 19.2 Å². The van der Waals surface area contributed by atoms with Gasteiger partial charge in [-0.25, -0.2) is 0 Å². The van der Waals surface area contributed by atoms with Crippen molar-refractivity contribution < 1.29 is 9.90 Å². The van der Waals surface area contributed by atoms with E-state index < -0.39 is 0 Å². The molecule has 1 heterocycles. The van der Waals surface area contributed by atoms with Crippen molar-refractivity contribution >= 4 is 5.91 Å². The molecule has 0 aliphatic carbocycles. The van der Waals surface area contributed by atoms with Gasteiger partial charge in [0.1, 0.15) is 0 Å². The summed E-state index contributed by atoms with van der Waals surface area (Å²) in [6, 6.07) is 8.16. The minimum atomic E-state index is -0.0420. The third kappa shape index (κ3) is 4.93. The van der Waals surface area contributed by atoms with Gasteiger partial charge in [-0.2, -0.15) is 5.10 Å². The summed E-state index contributed by atoms with van der Waals surface area (Å²) < 4.78 is 1.84. The molecule has 2 aromatic rings. The normalized spacial score (nSPS) is 11.0. The quantitative estimate of drug-likeness (QED) is 0.810. The van der Waals surface area contributed by atoms with Crippen LogP contribution in [0.2, 0.25) is 0 Å². The van der Waals surface area contributed by atoms with E-state index in [1.54, 1.807) is 11.1 Å². The summed E-state index contributed by atoms with van der Waals surface area (Å²) in [5.74, 6) is 0.461. The van der Waals surface area contributed by atoms with Gasteiger partial charge in [0.2, 0.25) is 5.91 Å². The fourth-order valence-corrected chi connectivity index (χ4v) is 2.64. The van der Waals surface area contributed by atoms with Gasteiger partial charge in [0.15, 0.2) is 0 Å². The standard InChI is InChI=1S/C19H27N3O2/c1-4-22-14-17(12-20-22)13-21(8-9-23)19(24)11-16-6-5-7-18(10-16)15(2)3/h5-7,10,12,14-15,23H,4,8-9,11,13H2,1-3H3. The Morgan fingerprint density at radius 2 is 2.12 bits per heavy atom.